The number of carboxylic acid groups (broad SMARTS) is 1. The number of hydrogen-bond acceptors (Lipinski definition) is 15. The van der Waals surface area contributed by atoms with E-state index in [0.717, 1.165) is 44.6 Å². The Kier molecular flexibility index (Phi) is 14.1. The molecule has 16 nitrogen and oxygen atoms in total. The maximum atomic E-state index is 11.6. The maximum absolute atomic E-state index is 11.6. The van der Waals surface area contributed by atoms with Crippen molar-refractivity contribution in [2.75, 3.05) is 11.5 Å². The predicted octanol–water partition coefficient (Wildman–Crippen LogP) is 9.25. The number of carbonyl (C=O) groups is 2. The molecule has 9 rings (SSSR count). The number of thioether (sulfide) groups is 2. The summed E-state index contributed by atoms with van der Waals surface area (Å²) in [5, 5.41) is 25.2. The lowest BCUT2D eigenvalue weighted by molar-refractivity contribution is -0.151. The molecule has 0 aliphatic carbocycles. The molecule has 330 valence electrons. The van der Waals surface area contributed by atoms with Gasteiger partial charge in [0.15, 0.2) is 27.8 Å². The average Bonchev–Trinajstić information content (AvgIpc) is 4.11. The first-order valence-corrected chi connectivity index (χ1v) is 22.6. The van der Waals surface area contributed by atoms with Gasteiger partial charge in [-0.25, -0.2) is 0 Å². The van der Waals surface area contributed by atoms with Crippen LogP contribution in [0.2, 0.25) is 0 Å². The van der Waals surface area contributed by atoms with Crippen molar-refractivity contribution in [2.24, 2.45) is 0 Å². The number of pyridine rings is 2. The predicted molar refractivity (Wildman–Crippen MR) is 249 cm³/mol. The van der Waals surface area contributed by atoms with Crippen LogP contribution < -0.4 is 5.46 Å². The molecule has 2 aromatic carbocycles. The Morgan fingerprint density at radius 3 is 1.86 bits per heavy atom. The summed E-state index contributed by atoms with van der Waals surface area (Å²) in [5.74, 6) is 1.66. The molecule has 8 aromatic rings. The maximum Gasteiger partial charge on any atom is 0.494 e. The van der Waals surface area contributed by atoms with Crippen molar-refractivity contribution in [1.29, 1.82) is 0 Å². The minimum absolute atomic E-state index is 0.0914. The standard InChI is InChI=1S/C17H12N4O3S.C15H18BNO2.C12H14BrN3O3S/c22-15(23)9-25-17-19-16(20-21-17)14-6-5-13(24-14)11-3-4-12-10(8-11)2-1-7-18-12;1-14(2)15(3,4)19-16(18-14)12-7-8-13-11(10-12)6-5-9-17-13;1-12(2,3)19-9(17)6-20-11-14-10(15-16-11)7-4-5-8(13)18-7/h1-8H,9H2,(H,22,23)(H,19,20,21);5-10H,1-4H3;4-5H,6H2,1-3H3,(H,14,15,16). The van der Waals surface area contributed by atoms with Crippen LogP contribution in [0.4, 0.5) is 0 Å². The molecule has 0 amide bonds. The lowest BCUT2D eigenvalue weighted by atomic mass is 9.78. The number of aromatic nitrogens is 8. The highest BCUT2D eigenvalue weighted by Gasteiger charge is 2.51. The Bertz CT molecular complexity index is 2870. The number of nitrogens with one attached hydrogen (secondary N) is 2. The molecule has 1 aliphatic rings. The number of rotatable bonds is 10. The molecule has 1 aliphatic heterocycles. The van der Waals surface area contributed by atoms with Gasteiger partial charge in [0, 0.05) is 23.3 Å². The number of halogens is 1. The molecule has 0 spiro atoms. The monoisotopic (exact) mass is 966 g/mol. The van der Waals surface area contributed by atoms with Crippen LogP contribution in [0.3, 0.4) is 0 Å². The zero-order valence-electron chi connectivity index (χ0n) is 35.9. The second-order valence-corrected chi connectivity index (χ2v) is 18.9. The van der Waals surface area contributed by atoms with Crippen LogP contribution >= 0.6 is 39.5 Å². The van der Waals surface area contributed by atoms with Gasteiger partial charge in [-0.1, -0.05) is 47.8 Å². The zero-order chi connectivity index (χ0) is 45.6. The second kappa shape index (κ2) is 19.5. The fraction of sp³-hybridized carbons (Fsp3) is 0.273. The Labute approximate surface area is 385 Å². The third-order valence-corrected chi connectivity index (χ3v) is 11.8. The van der Waals surface area contributed by atoms with Gasteiger partial charge < -0.3 is 28.0 Å². The van der Waals surface area contributed by atoms with Crippen LogP contribution in [0.5, 0.6) is 0 Å². The van der Waals surface area contributed by atoms with Gasteiger partial charge in [-0.05, 0) is 136 Å². The van der Waals surface area contributed by atoms with E-state index in [9.17, 15) is 9.59 Å². The smallest absolute Gasteiger partial charge is 0.481 e. The number of furan rings is 2. The fourth-order valence-corrected chi connectivity index (χ4v) is 7.37. The van der Waals surface area contributed by atoms with Gasteiger partial charge in [-0.3, -0.25) is 29.8 Å². The summed E-state index contributed by atoms with van der Waals surface area (Å²) >= 11 is 5.48. The molecule has 20 heteroatoms. The lowest BCUT2D eigenvalue weighted by Gasteiger charge is -2.32. The number of esters is 1. The van der Waals surface area contributed by atoms with E-state index in [0.29, 0.717) is 43.9 Å². The van der Waals surface area contributed by atoms with E-state index in [1.807, 2.05) is 75.4 Å². The fourth-order valence-electron chi connectivity index (χ4n) is 5.97. The molecule has 7 heterocycles. The van der Waals surface area contributed by atoms with E-state index < -0.39 is 11.6 Å². The normalized spacial score (nSPS) is 14.2. The molecule has 0 atom stereocenters. The third kappa shape index (κ3) is 11.9. The summed E-state index contributed by atoms with van der Waals surface area (Å²) in [6, 6.07) is 27.1. The topological polar surface area (TPSA) is 217 Å². The van der Waals surface area contributed by atoms with Gasteiger partial charge in [0.1, 0.15) is 11.4 Å². The van der Waals surface area contributed by atoms with Gasteiger partial charge >= 0.3 is 19.1 Å². The Morgan fingerprint density at radius 1 is 0.734 bits per heavy atom. The molecular formula is C44H44BBrN8O8S2. The van der Waals surface area contributed by atoms with Crippen LogP contribution in [0, 0.1) is 0 Å². The highest BCUT2D eigenvalue weighted by atomic mass is 79.9. The highest BCUT2D eigenvalue weighted by Crippen LogP contribution is 2.37. The number of ether oxygens (including phenoxy) is 1. The van der Waals surface area contributed by atoms with Gasteiger partial charge in [0.25, 0.3) is 0 Å². The SMILES string of the molecule is CC(C)(C)OC(=O)CSc1n[nH]c(-c2ccc(Br)o2)n1.CC1(C)OB(c2ccc3ncccc3c2)OC1(C)C.O=C(O)CSc1n[nH]c(-c2ccc(-c3ccc4ncccc4c3)o2)n1. The summed E-state index contributed by atoms with van der Waals surface area (Å²) < 4.78 is 29.2. The molecule has 0 saturated carbocycles. The van der Waals surface area contributed by atoms with Crippen molar-refractivity contribution in [3.63, 3.8) is 0 Å². The zero-order valence-corrected chi connectivity index (χ0v) is 39.1. The van der Waals surface area contributed by atoms with E-state index in [1.165, 1.54) is 11.8 Å². The molecule has 3 N–H and O–H groups in total. The van der Waals surface area contributed by atoms with Gasteiger partial charge in [-0.15, -0.1) is 10.2 Å². The van der Waals surface area contributed by atoms with Gasteiger partial charge in [0.05, 0.1) is 33.7 Å². The molecule has 64 heavy (non-hydrogen) atoms. The number of carbonyl (C=O) groups excluding carboxylic acids is 1. The van der Waals surface area contributed by atoms with Crippen LogP contribution in [0.15, 0.2) is 121 Å². The Hall–Kier alpha value is -5.80. The number of carboxylic acids is 1. The summed E-state index contributed by atoms with van der Waals surface area (Å²) in [5.41, 5.74) is 2.80. The minimum atomic E-state index is -0.914. The van der Waals surface area contributed by atoms with E-state index in [4.69, 9.17) is 28.0 Å². The van der Waals surface area contributed by atoms with Crippen molar-refractivity contribution >= 4 is 85.8 Å². The number of nitrogens with zero attached hydrogens (tertiary/aromatic N) is 6. The van der Waals surface area contributed by atoms with Crippen LogP contribution in [-0.2, 0) is 23.6 Å². The molecule has 0 unspecified atom stereocenters. The van der Waals surface area contributed by atoms with Gasteiger partial charge in [-0.2, -0.15) is 9.97 Å². The van der Waals surface area contributed by atoms with E-state index in [1.54, 1.807) is 30.6 Å². The molecule has 1 saturated heterocycles. The molecule has 1 fully saturated rings. The first-order chi connectivity index (χ1) is 30.4. The summed E-state index contributed by atoms with van der Waals surface area (Å²) in [4.78, 5) is 39.3. The molecule has 0 radical (unpaired) electrons. The van der Waals surface area contributed by atoms with E-state index in [-0.39, 0.29) is 35.8 Å². The summed E-state index contributed by atoms with van der Waals surface area (Å²) in [6.07, 6.45) is 3.56. The highest BCUT2D eigenvalue weighted by molar-refractivity contribution is 9.10. The Balaban J connectivity index is 0.000000145. The number of benzene rings is 2. The van der Waals surface area contributed by atoms with Crippen molar-refractivity contribution < 1.29 is 37.6 Å². The van der Waals surface area contributed by atoms with Gasteiger partial charge in [0.2, 0.25) is 10.3 Å². The molecule has 6 aromatic heterocycles. The van der Waals surface area contributed by atoms with E-state index in [2.05, 4.69) is 96.1 Å². The van der Waals surface area contributed by atoms with Crippen LogP contribution in [0.1, 0.15) is 48.5 Å². The van der Waals surface area contributed by atoms with Crippen molar-refractivity contribution in [3.05, 3.63) is 102 Å². The Morgan fingerprint density at radius 2 is 1.28 bits per heavy atom. The second-order valence-electron chi connectivity index (χ2n) is 16.2. The molecular weight excluding hydrogens is 923 g/mol. The quantitative estimate of drug-likeness (QED) is 0.0661. The van der Waals surface area contributed by atoms with Crippen molar-refractivity contribution in [1.82, 2.24) is 40.3 Å². The summed E-state index contributed by atoms with van der Waals surface area (Å²) in [6.45, 7) is 13.7. The number of aliphatic carboxylic acids is 1. The summed E-state index contributed by atoms with van der Waals surface area (Å²) in [7, 11) is -0.311. The van der Waals surface area contributed by atoms with Crippen LogP contribution in [0.25, 0.3) is 56.3 Å². The van der Waals surface area contributed by atoms with E-state index >= 15 is 0 Å². The molecule has 0 bridgehead atoms. The first kappa shape index (κ1) is 46.2. The minimum Gasteiger partial charge on any atom is -0.481 e. The van der Waals surface area contributed by atoms with Crippen LogP contribution in [-0.4, -0.2) is 92.8 Å². The lowest BCUT2D eigenvalue weighted by Crippen LogP contribution is -2.41. The number of fused-ring (bicyclic) bond motifs is 2. The largest absolute Gasteiger partial charge is 0.494 e. The third-order valence-electron chi connectivity index (χ3n) is 9.68. The first-order valence-electron chi connectivity index (χ1n) is 19.9. The number of H-pyrrole nitrogens is 2. The number of aromatic amines is 2. The van der Waals surface area contributed by atoms with Crippen molar-refractivity contribution in [2.45, 2.75) is 75.6 Å². The van der Waals surface area contributed by atoms with Crippen molar-refractivity contribution in [3.8, 4) is 34.5 Å². The average molecular weight is 968 g/mol. The number of hydrogen-bond donors (Lipinski definition) is 3.